The summed E-state index contributed by atoms with van der Waals surface area (Å²) in [5.41, 5.74) is 3.72. The SMILES string of the molecule is C=C1C(=O)N2C(C(=O)OC)=C(C)C(=C(C)C)S(=O)(=O)C12.COC(=O)C1=C(C)C(=C(C)C)S(=O)(=O)C2C(=C(C)C)C(=O)N12.COC(=O)C1=C(C)CS(=O)(=O)C2C(=C(C)C)C(=O)N12.II. The lowest BCUT2D eigenvalue weighted by atomic mass is 9.97. The Morgan fingerprint density at radius 1 is 0.540 bits per heavy atom. The fourth-order valence-electron chi connectivity index (χ4n) is 8.07. The van der Waals surface area contributed by atoms with Crippen LogP contribution in [-0.4, -0.2) is 119 Å². The van der Waals surface area contributed by atoms with E-state index in [4.69, 9.17) is 4.74 Å². The van der Waals surface area contributed by atoms with Gasteiger partial charge < -0.3 is 14.2 Å². The Labute approximate surface area is 390 Å². The predicted octanol–water partition coefficient (Wildman–Crippen LogP) is 4.68. The second kappa shape index (κ2) is 19.3. The lowest BCUT2D eigenvalue weighted by molar-refractivity contribution is -0.144. The van der Waals surface area contributed by atoms with Crippen molar-refractivity contribution in [3.8, 4) is 0 Å². The predicted molar refractivity (Wildman–Crippen MR) is 248 cm³/mol. The summed E-state index contributed by atoms with van der Waals surface area (Å²) in [5, 5.41) is -3.37. The van der Waals surface area contributed by atoms with Gasteiger partial charge in [0.15, 0.2) is 26.0 Å². The van der Waals surface area contributed by atoms with Crippen LogP contribution in [0.25, 0.3) is 0 Å². The van der Waals surface area contributed by atoms with Gasteiger partial charge in [0.05, 0.1) is 48.0 Å². The molecule has 0 aromatic heterocycles. The van der Waals surface area contributed by atoms with E-state index >= 15 is 0 Å². The molecule has 0 spiro atoms. The van der Waals surface area contributed by atoms with Crippen molar-refractivity contribution in [2.24, 2.45) is 0 Å². The summed E-state index contributed by atoms with van der Waals surface area (Å²) in [6.07, 6.45) is 0. The summed E-state index contributed by atoms with van der Waals surface area (Å²) in [6.45, 7) is 21.4. The summed E-state index contributed by atoms with van der Waals surface area (Å²) in [5.74, 6) is -3.82. The van der Waals surface area contributed by atoms with Gasteiger partial charge in [0, 0.05) is 42.8 Å². The molecule has 0 N–H and O–H groups in total. The van der Waals surface area contributed by atoms with Gasteiger partial charge >= 0.3 is 17.9 Å². The third-order valence-corrected chi connectivity index (χ3v) is 17.1. The van der Waals surface area contributed by atoms with Crippen molar-refractivity contribution in [3.63, 3.8) is 0 Å². The van der Waals surface area contributed by atoms with E-state index in [-0.39, 0.29) is 60.5 Å². The van der Waals surface area contributed by atoms with Gasteiger partial charge in [-0.1, -0.05) is 28.9 Å². The van der Waals surface area contributed by atoms with Gasteiger partial charge in [0.2, 0.25) is 19.7 Å². The number of esters is 3. The minimum Gasteiger partial charge on any atom is -0.464 e. The summed E-state index contributed by atoms with van der Waals surface area (Å²) < 4.78 is 89.1. The molecule has 18 nitrogen and oxygen atoms in total. The first kappa shape index (κ1) is 53.4. The Morgan fingerprint density at radius 2 is 0.857 bits per heavy atom. The zero-order chi connectivity index (χ0) is 48.9. The molecule has 3 atom stereocenters. The summed E-state index contributed by atoms with van der Waals surface area (Å²) in [4.78, 5) is 75.1. The van der Waals surface area contributed by atoms with Gasteiger partial charge in [-0.2, -0.15) is 0 Å². The van der Waals surface area contributed by atoms with Crippen molar-refractivity contribution in [2.75, 3.05) is 27.1 Å². The molecule has 0 aromatic carbocycles. The lowest BCUT2D eigenvalue weighted by Gasteiger charge is -2.47. The third-order valence-electron chi connectivity index (χ3n) is 10.4. The Hall–Kier alpha value is -3.95. The van der Waals surface area contributed by atoms with Gasteiger partial charge in [-0.3, -0.25) is 29.1 Å². The molecule has 0 bridgehead atoms. The van der Waals surface area contributed by atoms with Gasteiger partial charge in [-0.15, -0.1) is 0 Å². The van der Waals surface area contributed by atoms with Crippen LogP contribution in [0.4, 0.5) is 0 Å². The maximum absolute atomic E-state index is 12.9. The van der Waals surface area contributed by atoms with Crippen LogP contribution < -0.4 is 0 Å². The largest absolute Gasteiger partial charge is 0.464 e. The number of halogens is 2. The highest BCUT2D eigenvalue weighted by atomic mass is 128. The number of β-lactam (4-membered cyclic amide) rings is 3. The molecular weight excluding hydrogens is 1110 g/mol. The number of fused-ring (bicyclic) bond motifs is 3. The number of rotatable bonds is 3. The van der Waals surface area contributed by atoms with E-state index < -0.39 is 81.3 Å². The van der Waals surface area contributed by atoms with Crippen LogP contribution in [-0.2, 0) is 72.5 Å². The monoisotopic (exact) mass is 1160 g/mol. The molecule has 6 aliphatic heterocycles. The maximum Gasteiger partial charge on any atom is 0.355 e. The molecule has 6 heterocycles. The number of methoxy groups -OCH3 is 3. The number of carbonyl (C=O) groups is 6. The molecule has 23 heteroatoms. The number of hydrogen-bond donors (Lipinski definition) is 0. The number of ether oxygens (including phenoxy) is 3. The van der Waals surface area contributed by atoms with Gasteiger partial charge in [0.25, 0.3) is 17.7 Å². The first-order chi connectivity index (χ1) is 28.9. The topological polar surface area (TPSA) is 242 Å². The van der Waals surface area contributed by atoms with E-state index in [0.717, 1.165) is 14.7 Å². The van der Waals surface area contributed by atoms with Crippen molar-refractivity contribution >= 4 is 102 Å². The average molecular weight is 1160 g/mol. The average Bonchev–Trinajstić information content (AvgIpc) is 3.17. The number of nitrogens with zero attached hydrogens (tertiary/aromatic N) is 3. The van der Waals surface area contributed by atoms with Crippen LogP contribution in [0.3, 0.4) is 0 Å². The Kier molecular flexibility index (Phi) is 16.3. The summed E-state index contributed by atoms with van der Waals surface area (Å²) in [6, 6.07) is 0. The normalized spacial score (nSPS) is 23.4. The van der Waals surface area contributed by atoms with Crippen LogP contribution in [0, 0.1) is 0 Å². The van der Waals surface area contributed by atoms with E-state index in [9.17, 15) is 54.0 Å². The number of sulfone groups is 3. The van der Waals surface area contributed by atoms with E-state index in [1.165, 1.54) is 42.1 Å². The summed E-state index contributed by atoms with van der Waals surface area (Å²) in [7, 11) is -7.41. The molecule has 3 fully saturated rings. The number of carbonyl (C=O) groups excluding carboxylic acids is 6. The van der Waals surface area contributed by atoms with Crippen molar-refractivity contribution in [1.29, 1.82) is 0 Å². The molecule has 0 saturated carbocycles. The molecule has 6 rings (SSSR count). The van der Waals surface area contributed by atoms with Crippen LogP contribution in [0.5, 0.6) is 0 Å². The molecule has 3 unspecified atom stereocenters. The summed E-state index contributed by atoms with van der Waals surface area (Å²) >= 11 is 4.24. The van der Waals surface area contributed by atoms with Crippen LogP contribution in [0.2, 0.25) is 0 Å². The van der Waals surface area contributed by atoms with Crippen LogP contribution in [0.1, 0.15) is 76.2 Å². The van der Waals surface area contributed by atoms with Crippen molar-refractivity contribution in [1.82, 2.24) is 14.7 Å². The molecule has 0 radical (unpaired) electrons. The highest BCUT2D eigenvalue weighted by Gasteiger charge is 2.60. The first-order valence-electron chi connectivity index (χ1n) is 18.5. The molecule has 0 aromatic rings. The van der Waals surface area contributed by atoms with Crippen LogP contribution >= 0.6 is 37.2 Å². The smallest absolute Gasteiger partial charge is 0.355 e. The van der Waals surface area contributed by atoms with Crippen molar-refractivity contribution < 1.29 is 68.2 Å². The lowest BCUT2D eigenvalue weighted by Crippen LogP contribution is -2.62. The second-order valence-electron chi connectivity index (χ2n) is 15.5. The molecule has 63 heavy (non-hydrogen) atoms. The van der Waals surface area contributed by atoms with Gasteiger partial charge in [-0.25, -0.2) is 39.6 Å². The highest BCUT2D eigenvalue weighted by Crippen LogP contribution is 2.48. The number of amides is 3. The molecule has 0 aliphatic carbocycles. The highest BCUT2D eigenvalue weighted by molar-refractivity contribution is 15.0. The van der Waals surface area contributed by atoms with Crippen molar-refractivity contribution in [3.05, 3.63) is 89.2 Å². The maximum atomic E-state index is 12.9. The van der Waals surface area contributed by atoms with E-state index in [1.807, 2.05) is 0 Å². The number of hydrogen-bond acceptors (Lipinski definition) is 15. The molecule has 3 saturated heterocycles. The van der Waals surface area contributed by atoms with Crippen LogP contribution in [0.15, 0.2) is 89.2 Å². The van der Waals surface area contributed by atoms with E-state index in [1.54, 1.807) is 55.4 Å². The standard InChI is InChI=1S/C15H19NO5S.C13H15NO5S.C12H15NO5S.I2/c1-7(2)10-13(17)16-11(15(18)21-6)9(5)12(8(3)4)22(19,20)14(10)16;1-6(2)10-7(3)9(13(16)19-5)14-11(15)8(4)12(14)20(10,17)18;1-6(2)8-10(14)13-9(12(15)18-4)7(3)5-19(16,17)11(8)13;1-2/h14H,1-6H3;12H,4H2,1-3,5H3;11H,5H2,1-4H3;. The Morgan fingerprint density at radius 3 is 1.21 bits per heavy atom. The van der Waals surface area contributed by atoms with Gasteiger partial charge in [0.1, 0.15) is 17.1 Å². The van der Waals surface area contributed by atoms with E-state index in [2.05, 4.69) is 53.3 Å². The fraction of sp³-hybridized carbons (Fsp3) is 0.450. The number of allylic oxidation sites excluding steroid dienone is 6. The molecular formula is C40H49I2N3O15S3. The molecule has 6 aliphatic rings. The third kappa shape index (κ3) is 8.67. The minimum absolute atomic E-state index is 0.00789. The first-order valence-corrected chi connectivity index (χ1v) is 29.6. The fourth-order valence-corrected chi connectivity index (χ4v) is 14.9. The Bertz CT molecular complexity index is 2720. The van der Waals surface area contributed by atoms with Gasteiger partial charge in [-0.05, 0) is 92.9 Å². The van der Waals surface area contributed by atoms with E-state index in [0.29, 0.717) is 27.9 Å². The molecule has 3 amide bonds. The van der Waals surface area contributed by atoms with Crippen molar-refractivity contribution in [2.45, 2.75) is 92.3 Å². The second-order valence-corrected chi connectivity index (χ2v) is 21.5. The quantitative estimate of drug-likeness (QED) is 0.123. The zero-order valence-electron chi connectivity index (χ0n) is 37.1. The zero-order valence-corrected chi connectivity index (χ0v) is 43.9. The minimum atomic E-state index is -3.75. The Balaban J connectivity index is 0.000000247. The molecule has 346 valence electrons.